The zero-order valence-corrected chi connectivity index (χ0v) is 15.8. The van der Waals surface area contributed by atoms with Gasteiger partial charge in [-0.05, 0) is 24.1 Å². The molecule has 6 nitrogen and oxygen atoms in total. The van der Waals surface area contributed by atoms with Crippen LogP contribution in [0.4, 0.5) is 0 Å². The van der Waals surface area contributed by atoms with E-state index in [1.54, 1.807) is 10.7 Å². The van der Waals surface area contributed by atoms with E-state index < -0.39 is 0 Å². The Labute approximate surface area is 163 Å². The predicted molar refractivity (Wildman–Crippen MR) is 109 cm³/mol. The highest BCUT2D eigenvalue weighted by Crippen LogP contribution is 2.14. The molecule has 1 aromatic heterocycles. The first-order chi connectivity index (χ1) is 13.7. The van der Waals surface area contributed by atoms with Gasteiger partial charge in [-0.15, -0.1) is 0 Å². The molecule has 1 saturated heterocycles. The van der Waals surface area contributed by atoms with Crippen molar-refractivity contribution in [2.45, 2.75) is 32.0 Å². The molecule has 0 bridgehead atoms. The van der Waals surface area contributed by atoms with Crippen LogP contribution in [-0.4, -0.2) is 39.7 Å². The predicted octanol–water partition coefficient (Wildman–Crippen LogP) is 2.18. The van der Waals surface area contributed by atoms with Gasteiger partial charge in [0.25, 0.3) is 0 Å². The molecule has 0 saturated carbocycles. The minimum Gasteiger partial charge on any atom is -0.352 e. The van der Waals surface area contributed by atoms with Gasteiger partial charge in [-0.25, -0.2) is 0 Å². The molecule has 28 heavy (non-hydrogen) atoms. The molecule has 1 amide bonds. The number of fused-ring (bicyclic) bond motifs is 1. The molecule has 1 N–H and O–H groups in total. The summed E-state index contributed by atoms with van der Waals surface area (Å²) in [4.78, 5) is 26.7. The number of aromatic nitrogens is 2. The molecule has 2 aromatic carbocycles. The Morgan fingerprint density at radius 3 is 2.75 bits per heavy atom. The lowest BCUT2D eigenvalue weighted by molar-refractivity contribution is -0.122. The third-order valence-electron chi connectivity index (χ3n) is 5.20. The third-order valence-corrected chi connectivity index (χ3v) is 5.20. The van der Waals surface area contributed by atoms with Gasteiger partial charge in [0.05, 0.1) is 18.3 Å². The van der Waals surface area contributed by atoms with Crippen LogP contribution < -0.4 is 10.7 Å². The number of benzene rings is 2. The smallest absolute Gasteiger partial charge is 0.222 e. The lowest BCUT2D eigenvalue weighted by atomic mass is 10.2. The number of nitrogens with one attached hydrogen (secondary N) is 1. The van der Waals surface area contributed by atoms with Crippen molar-refractivity contribution >= 4 is 16.8 Å². The SMILES string of the molecule is O=C(CCn1ncc(=O)c2ccccc21)N[C@@H]1CCN(Cc2ccccc2)C1. The third kappa shape index (κ3) is 4.28. The fraction of sp³-hybridized carbons (Fsp3) is 0.318. The second-order valence-electron chi connectivity index (χ2n) is 7.27. The van der Waals surface area contributed by atoms with Crippen molar-refractivity contribution in [2.75, 3.05) is 13.1 Å². The molecule has 6 heteroatoms. The van der Waals surface area contributed by atoms with Gasteiger partial charge in [0.15, 0.2) is 0 Å². The number of aryl methyl sites for hydroxylation is 1. The van der Waals surface area contributed by atoms with Crippen LogP contribution in [0.5, 0.6) is 0 Å². The fourth-order valence-corrected chi connectivity index (χ4v) is 3.78. The van der Waals surface area contributed by atoms with E-state index in [0.717, 1.165) is 31.6 Å². The largest absolute Gasteiger partial charge is 0.352 e. The normalized spacial score (nSPS) is 17.1. The van der Waals surface area contributed by atoms with Gasteiger partial charge in [0.2, 0.25) is 11.3 Å². The van der Waals surface area contributed by atoms with E-state index in [2.05, 4.69) is 39.6 Å². The molecule has 4 rings (SSSR count). The van der Waals surface area contributed by atoms with Crippen LogP contribution in [0.3, 0.4) is 0 Å². The Morgan fingerprint density at radius 1 is 1.11 bits per heavy atom. The van der Waals surface area contributed by atoms with Crippen LogP contribution in [0.2, 0.25) is 0 Å². The molecule has 144 valence electrons. The van der Waals surface area contributed by atoms with E-state index in [-0.39, 0.29) is 17.4 Å². The molecular formula is C22H24N4O2. The van der Waals surface area contributed by atoms with Crippen molar-refractivity contribution in [3.05, 3.63) is 76.6 Å². The van der Waals surface area contributed by atoms with Gasteiger partial charge >= 0.3 is 0 Å². The van der Waals surface area contributed by atoms with Crippen molar-refractivity contribution in [3.63, 3.8) is 0 Å². The summed E-state index contributed by atoms with van der Waals surface area (Å²) in [6.07, 6.45) is 2.63. The molecule has 2 heterocycles. The number of nitrogens with zero attached hydrogens (tertiary/aromatic N) is 3. The van der Waals surface area contributed by atoms with E-state index in [9.17, 15) is 9.59 Å². The Morgan fingerprint density at radius 2 is 1.89 bits per heavy atom. The Balaban J connectivity index is 1.30. The van der Waals surface area contributed by atoms with Crippen molar-refractivity contribution in [2.24, 2.45) is 0 Å². The lowest BCUT2D eigenvalue weighted by Gasteiger charge is -2.17. The van der Waals surface area contributed by atoms with Crippen molar-refractivity contribution in [1.29, 1.82) is 0 Å². The highest BCUT2D eigenvalue weighted by atomic mass is 16.1. The van der Waals surface area contributed by atoms with Crippen molar-refractivity contribution in [3.8, 4) is 0 Å². The number of hydrogen-bond acceptors (Lipinski definition) is 4. The van der Waals surface area contributed by atoms with Crippen LogP contribution in [0.25, 0.3) is 10.9 Å². The highest BCUT2D eigenvalue weighted by molar-refractivity contribution is 5.79. The zero-order chi connectivity index (χ0) is 19.3. The minimum atomic E-state index is -0.0965. The Kier molecular flexibility index (Phi) is 5.48. The van der Waals surface area contributed by atoms with Gasteiger partial charge in [0, 0.05) is 37.5 Å². The lowest BCUT2D eigenvalue weighted by Crippen LogP contribution is -2.37. The number of para-hydroxylation sites is 1. The van der Waals surface area contributed by atoms with Crippen LogP contribution in [0.1, 0.15) is 18.4 Å². The van der Waals surface area contributed by atoms with Crippen LogP contribution in [-0.2, 0) is 17.9 Å². The summed E-state index contributed by atoms with van der Waals surface area (Å²) in [7, 11) is 0. The monoisotopic (exact) mass is 376 g/mol. The van der Waals surface area contributed by atoms with Gasteiger partial charge in [0.1, 0.15) is 0 Å². The molecule has 1 atom stereocenters. The number of carbonyl (C=O) groups is 1. The van der Waals surface area contributed by atoms with E-state index in [4.69, 9.17) is 0 Å². The van der Waals surface area contributed by atoms with E-state index >= 15 is 0 Å². The van der Waals surface area contributed by atoms with Gasteiger partial charge in [-0.3, -0.25) is 19.2 Å². The molecule has 3 aromatic rings. The average molecular weight is 376 g/mol. The topological polar surface area (TPSA) is 67.2 Å². The van der Waals surface area contributed by atoms with Gasteiger partial charge in [-0.1, -0.05) is 42.5 Å². The minimum absolute atomic E-state index is 0.0242. The second kappa shape index (κ2) is 8.35. The first-order valence-corrected chi connectivity index (χ1v) is 9.69. The van der Waals surface area contributed by atoms with E-state index in [0.29, 0.717) is 18.4 Å². The quantitative estimate of drug-likeness (QED) is 0.716. The second-order valence-corrected chi connectivity index (χ2v) is 7.27. The average Bonchev–Trinajstić information content (AvgIpc) is 3.15. The maximum Gasteiger partial charge on any atom is 0.222 e. The molecule has 1 aliphatic rings. The number of hydrogen-bond donors (Lipinski definition) is 1. The molecule has 1 fully saturated rings. The van der Waals surface area contributed by atoms with Crippen molar-refractivity contribution in [1.82, 2.24) is 20.0 Å². The van der Waals surface area contributed by atoms with Crippen LogP contribution >= 0.6 is 0 Å². The molecule has 0 spiro atoms. The summed E-state index contributed by atoms with van der Waals surface area (Å²) >= 11 is 0. The molecule has 0 unspecified atom stereocenters. The van der Waals surface area contributed by atoms with Gasteiger partial charge in [-0.2, -0.15) is 5.10 Å². The molecule has 0 aliphatic carbocycles. The number of carbonyl (C=O) groups excluding carboxylic acids is 1. The summed E-state index contributed by atoms with van der Waals surface area (Å²) in [5.41, 5.74) is 1.96. The number of likely N-dealkylation sites (tertiary alicyclic amines) is 1. The summed E-state index contributed by atoms with van der Waals surface area (Å²) in [6.45, 7) is 3.24. The van der Waals surface area contributed by atoms with Gasteiger partial charge < -0.3 is 5.32 Å². The fourth-order valence-electron chi connectivity index (χ4n) is 3.78. The zero-order valence-electron chi connectivity index (χ0n) is 15.8. The van der Waals surface area contributed by atoms with Crippen LogP contribution in [0.15, 0.2) is 65.6 Å². The molecular weight excluding hydrogens is 352 g/mol. The van der Waals surface area contributed by atoms with E-state index in [1.807, 2.05) is 24.3 Å². The molecule has 0 radical (unpaired) electrons. The number of rotatable bonds is 6. The molecule has 1 aliphatic heterocycles. The highest BCUT2D eigenvalue weighted by Gasteiger charge is 2.23. The first kappa shape index (κ1) is 18.4. The van der Waals surface area contributed by atoms with Crippen molar-refractivity contribution < 1.29 is 4.79 Å². The first-order valence-electron chi connectivity index (χ1n) is 9.69. The Bertz CT molecular complexity index is 1020. The summed E-state index contributed by atoms with van der Waals surface area (Å²) in [5.74, 6) is 0.0242. The van der Waals surface area contributed by atoms with Crippen LogP contribution in [0, 0.1) is 0 Å². The maximum atomic E-state index is 12.4. The number of amides is 1. The van der Waals surface area contributed by atoms with E-state index in [1.165, 1.54) is 11.8 Å². The summed E-state index contributed by atoms with van der Waals surface area (Å²) in [6, 6.07) is 17.9. The summed E-state index contributed by atoms with van der Waals surface area (Å²) < 4.78 is 1.73. The summed E-state index contributed by atoms with van der Waals surface area (Å²) in [5, 5.41) is 7.96. The standard InChI is InChI=1S/C22H24N4O2/c27-21-14-23-26(20-9-5-4-8-19(20)21)13-11-22(28)24-18-10-12-25(16-18)15-17-6-2-1-3-7-17/h1-9,14,18H,10-13,15-16H2,(H,24,28)/t18-/m1/s1. The Hall–Kier alpha value is -2.99. The maximum absolute atomic E-state index is 12.4.